The predicted octanol–water partition coefficient (Wildman–Crippen LogP) is -1.68. The molecule has 7 unspecified atom stereocenters. The Labute approximate surface area is 181 Å². The van der Waals surface area contributed by atoms with Crippen LogP contribution >= 0.6 is 22.6 Å². The van der Waals surface area contributed by atoms with E-state index in [0.29, 0.717) is 6.42 Å². The molecule has 0 spiro atoms. The molecule has 27 heavy (non-hydrogen) atoms. The summed E-state index contributed by atoms with van der Waals surface area (Å²) in [7, 11) is 0. The van der Waals surface area contributed by atoms with Crippen LogP contribution in [0.3, 0.4) is 0 Å². The van der Waals surface area contributed by atoms with E-state index in [1.165, 1.54) is 0 Å². The Morgan fingerprint density at radius 3 is 2.70 bits per heavy atom. The third kappa shape index (κ3) is 3.10. The van der Waals surface area contributed by atoms with Crippen molar-refractivity contribution in [3.05, 3.63) is 0 Å². The average Bonchev–Trinajstić information content (AvgIpc) is 3.03. The first-order valence-electron chi connectivity index (χ1n) is 9.54. The van der Waals surface area contributed by atoms with Gasteiger partial charge in [0.1, 0.15) is 0 Å². The molecule has 2 aliphatic heterocycles. The van der Waals surface area contributed by atoms with Crippen LogP contribution in [-0.4, -0.2) is 43.7 Å². The van der Waals surface area contributed by atoms with Crippen molar-refractivity contribution in [2.24, 2.45) is 23.7 Å². The zero-order valence-electron chi connectivity index (χ0n) is 14.9. The first-order chi connectivity index (χ1) is 12.9. The number of alkyl halides is 2. The van der Waals surface area contributed by atoms with Crippen molar-refractivity contribution in [2.45, 2.75) is 64.8 Å². The Hall–Kier alpha value is -0.170. The Morgan fingerprint density at radius 2 is 2.04 bits per heavy atom. The topological polar surface area (TPSA) is 101 Å². The molecular formula is C18H22I2NO6-. The molecule has 3 saturated carbocycles. The summed E-state index contributed by atoms with van der Waals surface area (Å²) in [6, 6.07) is 0. The van der Waals surface area contributed by atoms with Crippen LogP contribution < -0.4 is 25.0 Å². The maximum absolute atomic E-state index is 13.0. The average molecular weight is 602 g/mol. The van der Waals surface area contributed by atoms with Crippen LogP contribution in [0.2, 0.25) is 0 Å². The molecule has 2 saturated heterocycles. The Kier molecular flexibility index (Phi) is 4.66. The van der Waals surface area contributed by atoms with Gasteiger partial charge in [-0.25, -0.2) is 0 Å². The van der Waals surface area contributed by atoms with Crippen LogP contribution in [-0.2, 0) is 28.6 Å². The summed E-state index contributed by atoms with van der Waals surface area (Å²) in [5, 5.41) is 0. The Bertz CT molecular complexity index is 691. The molecule has 5 fully saturated rings. The molecular weight excluding hydrogens is 580 g/mol. The molecule has 0 amide bonds. The zero-order valence-corrected chi connectivity index (χ0v) is 19.2. The molecule has 1 N–H and O–H groups in total. The quantitative estimate of drug-likeness (QED) is 0.0764. The van der Waals surface area contributed by atoms with Gasteiger partial charge in [-0.05, 0) is 0 Å². The standard InChI is InChI=1S/C18H22I2NO6/c1-18(4-2-3-5-18)27-16(23)10-8-6-7-9(10)15(22)25-12(7)13(8)26-17(24)11(19)14-20-21-14/h7-14,21H,2-6H2,1H3/q-1/t7?,8?,9?,10-,11?,12?,13?,14?/m1/s1. The fourth-order valence-electron chi connectivity index (χ4n) is 5.47. The van der Waals surface area contributed by atoms with Crippen molar-refractivity contribution >= 4 is 40.5 Å². The van der Waals surface area contributed by atoms with E-state index in [-0.39, 0.29) is 59.2 Å². The summed E-state index contributed by atoms with van der Waals surface area (Å²) in [4.78, 5) is 38.0. The summed E-state index contributed by atoms with van der Waals surface area (Å²) in [5.41, 5.74) is -0.429. The molecule has 3 aliphatic carbocycles. The van der Waals surface area contributed by atoms with Crippen molar-refractivity contribution < 1.29 is 50.1 Å². The van der Waals surface area contributed by atoms with Gasteiger partial charge >= 0.3 is 183 Å². The van der Waals surface area contributed by atoms with Gasteiger partial charge in [0.2, 0.25) is 0 Å². The van der Waals surface area contributed by atoms with Crippen molar-refractivity contribution in [2.75, 3.05) is 0 Å². The molecule has 0 radical (unpaired) electrons. The summed E-state index contributed by atoms with van der Waals surface area (Å²) >= 11 is 2.02. The minimum atomic E-state index is -0.546. The van der Waals surface area contributed by atoms with E-state index in [1.54, 1.807) is 0 Å². The van der Waals surface area contributed by atoms with E-state index in [9.17, 15) is 14.4 Å². The fraction of sp³-hybridized carbons (Fsp3) is 0.833. The summed E-state index contributed by atoms with van der Waals surface area (Å²) < 4.78 is 20.5. The number of hydrogen-bond donors (Lipinski definition) is 1. The molecule has 5 rings (SSSR count). The molecule has 8 atom stereocenters. The molecule has 7 nitrogen and oxygen atoms in total. The van der Waals surface area contributed by atoms with Gasteiger partial charge in [0, 0.05) is 0 Å². The van der Waals surface area contributed by atoms with Crippen LogP contribution in [0, 0.1) is 23.7 Å². The number of ether oxygens (including phenoxy) is 3. The molecule has 0 aromatic rings. The SMILES string of the molecule is CC1(OC(=O)[C@@H]2C3CC4C(OC(=O)C42)C3OC(=O)C(I)C2N[I-]2)CCCC1. The maximum atomic E-state index is 13.0. The first-order valence-corrected chi connectivity index (χ1v) is 13.1. The molecule has 2 heterocycles. The summed E-state index contributed by atoms with van der Waals surface area (Å²) in [5.74, 6) is -2.09. The third-order valence-corrected chi connectivity index (χ3v) is 11.5. The van der Waals surface area contributed by atoms with Gasteiger partial charge in [-0.15, -0.1) is 0 Å². The van der Waals surface area contributed by atoms with Gasteiger partial charge in [-0.3, -0.25) is 0 Å². The minimum absolute atomic E-state index is 0.0339. The molecule has 9 heteroatoms. The van der Waals surface area contributed by atoms with Crippen LogP contribution in [0.4, 0.5) is 0 Å². The van der Waals surface area contributed by atoms with Crippen LogP contribution in [0.5, 0.6) is 0 Å². The number of carbonyl (C=O) groups is 3. The zero-order chi connectivity index (χ0) is 18.9. The van der Waals surface area contributed by atoms with Crippen molar-refractivity contribution in [1.82, 2.24) is 3.53 Å². The van der Waals surface area contributed by atoms with Crippen LogP contribution in [0.1, 0.15) is 39.0 Å². The second-order valence-corrected chi connectivity index (χ2v) is 12.4. The third-order valence-electron chi connectivity index (χ3n) is 6.80. The van der Waals surface area contributed by atoms with Crippen molar-refractivity contribution in [3.8, 4) is 0 Å². The number of nitrogens with one attached hydrogen (secondary N) is 1. The van der Waals surface area contributed by atoms with E-state index in [1.807, 2.05) is 6.92 Å². The molecule has 0 aromatic heterocycles. The Morgan fingerprint density at radius 1 is 1.33 bits per heavy atom. The first kappa shape index (κ1) is 18.8. The second kappa shape index (κ2) is 6.68. The van der Waals surface area contributed by atoms with Gasteiger partial charge in [-0.1, -0.05) is 0 Å². The second-order valence-electron chi connectivity index (χ2n) is 8.52. The van der Waals surface area contributed by atoms with E-state index >= 15 is 0 Å². The Balaban J connectivity index is 1.34. The van der Waals surface area contributed by atoms with E-state index < -0.39 is 29.6 Å². The van der Waals surface area contributed by atoms with Crippen LogP contribution in [0.15, 0.2) is 0 Å². The number of carbonyl (C=O) groups excluding carboxylic acids is 3. The van der Waals surface area contributed by atoms with Gasteiger partial charge in [0.05, 0.1) is 0 Å². The van der Waals surface area contributed by atoms with E-state index in [4.69, 9.17) is 14.2 Å². The van der Waals surface area contributed by atoms with Crippen molar-refractivity contribution in [1.29, 1.82) is 0 Å². The van der Waals surface area contributed by atoms with Gasteiger partial charge in [0.15, 0.2) is 0 Å². The number of hydrogen-bond acceptors (Lipinski definition) is 7. The number of rotatable bonds is 5. The molecule has 2 bridgehead atoms. The van der Waals surface area contributed by atoms with Gasteiger partial charge < -0.3 is 0 Å². The summed E-state index contributed by atoms with van der Waals surface area (Å²) in [6.07, 6.45) is 3.62. The van der Waals surface area contributed by atoms with E-state index in [0.717, 1.165) is 25.7 Å². The van der Waals surface area contributed by atoms with Crippen LogP contribution in [0.25, 0.3) is 0 Å². The number of halogens is 2. The predicted molar refractivity (Wildman–Crippen MR) is 96.0 cm³/mol. The van der Waals surface area contributed by atoms with Gasteiger partial charge in [-0.2, -0.15) is 0 Å². The van der Waals surface area contributed by atoms with Crippen molar-refractivity contribution in [3.63, 3.8) is 0 Å². The van der Waals surface area contributed by atoms with E-state index in [2.05, 4.69) is 26.1 Å². The molecule has 0 aromatic carbocycles. The molecule has 5 aliphatic rings. The normalized spacial score (nSPS) is 44.4. The number of esters is 3. The number of fused-ring (bicyclic) bond motifs is 1. The monoisotopic (exact) mass is 602 g/mol. The fourth-order valence-corrected chi connectivity index (χ4v) is 8.57. The van der Waals surface area contributed by atoms with Gasteiger partial charge in [0.25, 0.3) is 0 Å². The molecule has 150 valence electrons. The summed E-state index contributed by atoms with van der Waals surface area (Å²) in [6.45, 7) is 1.98.